The van der Waals surface area contributed by atoms with Crippen molar-refractivity contribution < 1.29 is 33.3 Å². The topological polar surface area (TPSA) is 103 Å². The van der Waals surface area contributed by atoms with Crippen molar-refractivity contribution in [3.8, 4) is 0 Å². The number of nitrogens with one attached hydrogen (secondary N) is 1. The van der Waals surface area contributed by atoms with Crippen molar-refractivity contribution in [3.63, 3.8) is 0 Å². The fraction of sp³-hybridized carbons (Fsp3) is 0.357. The Morgan fingerprint density at radius 2 is 1.52 bits per heavy atom. The Morgan fingerprint density at radius 3 is 1.92 bits per heavy atom. The number of rotatable bonds is 5. The second-order valence-corrected chi connectivity index (χ2v) is 7.97. The van der Waals surface area contributed by atoms with Gasteiger partial charge in [0, 0.05) is 3.57 Å². The van der Waals surface area contributed by atoms with Gasteiger partial charge in [0.15, 0.2) is 0 Å². The van der Waals surface area contributed by atoms with E-state index in [1.807, 2.05) is 67.8 Å². The lowest BCUT2D eigenvalue weighted by Crippen LogP contribution is -2.22. The van der Waals surface area contributed by atoms with Crippen LogP contribution in [0.1, 0.15) is 20.7 Å². The summed E-state index contributed by atoms with van der Waals surface area (Å²) in [5.74, 6) is -1.25. The van der Waals surface area contributed by atoms with Gasteiger partial charge in [-0.2, -0.15) is 0 Å². The number of ether oxygens (including phenoxy) is 4. The molecule has 1 atom stereocenters. The number of benzene rings is 1. The van der Waals surface area contributed by atoms with Crippen molar-refractivity contribution >= 4 is 91.5 Å². The summed E-state index contributed by atoms with van der Waals surface area (Å²) in [6.07, 6.45) is -0.781. The van der Waals surface area contributed by atoms with Gasteiger partial charge >= 0.3 is 18.0 Å². The van der Waals surface area contributed by atoms with E-state index in [4.69, 9.17) is 18.9 Å². The number of epoxide rings is 1. The number of hydrogen-bond donors (Lipinski definition) is 1. The van der Waals surface area contributed by atoms with Crippen LogP contribution in [0.4, 0.5) is 10.5 Å². The minimum atomic E-state index is -0.709. The number of carbonyl (C=O) groups is 3. The van der Waals surface area contributed by atoms with Crippen molar-refractivity contribution in [1.29, 1.82) is 0 Å². The number of hydrogen-bond acceptors (Lipinski definition) is 7. The van der Waals surface area contributed by atoms with Gasteiger partial charge in [-0.05, 0) is 67.8 Å². The normalized spacial score (nSPS) is 15.3. The maximum atomic E-state index is 12.1. The largest absolute Gasteiger partial charge is 0.465 e. The van der Waals surface area contributed by atoms with E-state index < -0.39 is 18.0 Å². The Kier molecular flexibility index (Phi) is 7.51. The summed E-state index contributed by atoms with van der Waals surface area (Å²) in [5, 5.41) is 2.58. The number of anilines is 1. The van der Waals surface area contributed by atoms with Gasteiger partial charge in [-0.3, -0.25) is 5.32 Å². The highest BCUT2D eigenvalue weighted by Gasteiger charge is 2.30. The van der Waals surface area contributed by atoms with Crippen LogP contribution in [0.2, 0.25) is 0 Å². The number of carbonyl (C=O) groups excluding carboxylic acids is 3. The van der Waals surface area contributed by atoms with Crippen LogP contribution >= 0.6 is 67.8 Å². The fourth-order valence-electron chi connectivity index (χ4n) is 1.81. The molecular weight excluding hydrogens is 675 g/mol. The molecule has 1 unspecified atom stereocenters. The van der Waals surface area contributed by atoms with Gasteiger partial charge in [-0.15, -0.1) is 0 Å². The molecule has 11 heteroatoms. The number of esters is 2. The highest BCUT2D eigenvalue weighted by atomic mass is 127. The zero-order valence-corrected chi connectivity index (χ0v) is 19.5. The van der Waals surface area contributed by atoms with E-state index in [2.05, 4.69) is 5.32 Å². The summed E-state index contributed by atoms with van der Waals surface area (Å²) in [6.45, 7) is 0.696. The maximum Gasteiger partial charge on any atom is 0.411 e. The van der Waals surface area contributed by atoms with Crippen LogP contribution < -0.4 is 5.32 Å². The molecule has 0 spiro atoms. The molecule has 1 aliphatic heterocycles. The minimum Gasteiger partial charge on any atom is -0.465 e. The summed E-state index contributed by atoms with van der Waals surface area (Å²) >= 11 is 5.71. The molecule has 0 saturated carbocycles. The van der Waals surface area contributed by atoms with Crippen LogP contribution in [-0.4, -0.2) is 51.6 Å². The average molecular weight is 687 g/mol. The predicted octanol–water partition coefficient (Wildman–Crippen LogP) is 3.02. The highest BCUT2D eigenvalue weighted by Crippen LogP contribution is 2.36. The Labute approximate surface area is 184 Å². The molecule has 0 radical (unpaired) electrons. The second kappa shape index (κ2) is 8.98. The third kappa shape index (κ3) is 4.85. The van der Waals surface area contributed by atoms with E-state index in [1.54, 1.807) is 0 Å². The lowest BCUT2D eigenvalue weighted by Gasteiger charge is -2.17. The average Bonchev–Trinajstić information content (AvgIpc) is 3.40. The predicted molar refractivity (Wildman–Crippen MR) is 112 cm³/mol. The van der Waals surface area contributed by atoms with Crippen molar-refractivity contribution in [2.24, 2.45) is 0 Å². The number of halogens is 3. The first-order valence-corrected chi connectivity index (χ1v) is 9.97. The van der Waals surface area contributed by atoms with Gasteiger partial charge in [-0.25, -0.2) is 14.4 Å². The monoisotopic (exact) mass is 687 g/mol. The zero-order valence-electron chi connectivity index (χ0n) is 13.0. The summed E-state index contributed by atoms with van der Waals surface area (Å²) in [4.78, 5) is 36.3. The Morgan fingerprint density at radius 1 is 1.04 bits per heavy atom. The number of methoxy groups -OCH3 is 2. The fourth-order valence-corrected chi connectivity index (χ4v) is 6.12. The van der Waals surface area contributed by atoms with Crippen molar-refractivity contribution in [2.45, 2.75) is 6.10 Å². The maximum absolute atomic E-state index is 12.1. The van der Waals surface area contributed by atoms with Crippen LogP contribution in [0.3, 0.4) is 0 Å². The summed E-state index contributed by atoms with van der Waals surface area (Å²) in [5.41, 5.74) is 0.625. The van der Waals surface area contributed by atoms with Crippen LogP contribution in [0.15, 0.2) is 0 Å². The molecule has 1 saturated heterocycles. The van der Waals surface area contributed by atoms with Crippen LogP contribution in [0.5, 0.6) is 0 Å². The lowest BCUT2D eigenvalue weighted by molar-refractivity contribution is 0.0595. The quantitative estimate of drug-likeness (QED) is 0.220. The van der Waals surface area contributed by atoms with E-state index in [9.17, 15) is 14.4 Å². The van der Waals surface area contributed by atoms with Crippen molar-refractivity contribution in [2.75, 3.05) is 32.8 Å². The smallest absolute Gasteiger partial charge is 0.411 e. The molecule has 25 heavy (non-hydrogen) atoms. The molecule has 8 nitrogen and oxygen atoms in total. The van der Waals surface area contributed by atoms with E-state index in [0.717, 1.165) is 0 Å². The zero-order chi connectivity index (χ0) is 18.7. The first kappa shape index (κ1) is 20.9. The van der Waals surface area contributed by atoms with Crippen LogP contribution in [0.25, 0.3) is 0 Å². The molecular formula is C14H12I3NO7. The van der Waals surface area contributed by atoms with E-state index >= 15 is 0 Å². The Bertz CT molecular complexity index is 691. The lowest BCUT2D eigenvalue weighted by atomic mass is 10.1. The molecule has 0 bridgehead atoms. The molecule has 1 amide bonds. The van der Waals surface area contributed by atoms with Crippen molar-refractivity contribution in [1.82, 2.24) is 0 Å². The third-order valence-electron chi connectivity index (χ3n) is 3.13. The summed E-state index contributed by atoms with van der Waals surface area (Å²) < 4.78 is 20.9. The van der Waals surface area contributed by atoms with E-state index in [1.165, 1.54) is 14.2 Å². The highest BCUT2D eigenvalue weighted by molar-refractivity contribution is 14.1. The van der Waals surface area contributed by atoms with Crippen molar-refractivity contribution in [3.05, 3.63) is 21.8 Å². The van der Waals surface area contributed by atoms with Crippen LogP contribution in [-0.2, 0) is 18.9 Å². The molecule has 2 rings (SSSR count). The third-order valence-corrected chi connectivity index (χ3v) is 6.36. The van der Waals surface area contributed by atoms with Gasteiger partial charge in [0.2, 0.25) is 0 Å². The van der Waals surface area contributed by atoms with Gasteiger partial charge in [0.25, 0.3) is 0 Å². The van der Waals surface area contributed by atoms with E-state index in [-0.39, 0.29) is 29.5 Å². The second-order valence-electron chi connectivity index (χ2n) is 4.73. The first-order valence-electron chi connectivity index (χ1n) is 6.74. The Balaban J connectivity index is 2.46. The molecule has 1 N–H and O–H groups in total. The molecule has 1 aromatic carbocycles. The first-order chi connectivity index (χ1) is 11.8. The summed E-state index contributed by atoms with van der Waals surface area (Å²) in [6, 6.07) is 0. The molecule has 1 aromatic rings. The van der Waals surface area contributed by atoms with Gasteiger partial charge < -0.3 is 18.9 Å². The Hall–Kier alpha value is -0.420. The van der Waals surface area contributed by atoms with Gasteiger partial charge in [-0.1, -0.05) is 0 Å². The molecule has 1 heterocycles. The standard InChI is InChI=1S/C14H12I3NO7/c1-22-12(19)6-8(15)7(13(20)23-2)10(17)11(9(6)16)18-14(21)25-4-5-3-24-5/h5H,3-4H2,1-2H3,(H,18,21). The van der Waals surface area contributed by atoms with Gasteiger partial charge in [0.05, 0.1) is 44.8 Å². The SMILES string of the molecule is COC(=O)c1c(I)c(NC(=O)OCC2CO2)c(I)c(C(=O)OC)c1I. The molecule has 136 valence electrons. The molecule has 1 aliphatic rings. The van der Waals surface area contributed by atoms with Crippen LogP contribution in [0, 0.1) is 10.7 Å². The van der Waals surface area contributed by atoms with Gasteiger partial charge in [0.1, 0.15) is 12.7 Å². The van der Waals surface area contributed by atoms with E-state index in [0.29, 0.717) is 17.3 Å². The molecule has 0 aliphatic carbocycles. The minimum absolute atomic E-state index is 0.0723. The number of amides is 1. The molecule has 1 fully saturated rings. The molecule has 0 aromatic heterocycles. The summed E-state index contributed by atoms with van der Waals surface area (Å²) in [7, 11) is 2.47.